The first-order valence-electron chi connectivity index (χ1n) is 10.9. The minimum atomic E-state index is -1.00. The van der Waals surface area contributed by atoms with E-state index in [0.29, 0.717) is 45.2 Å². The lowest BCUT2D eigenvalue weighted by Crippen LogP contribution is -2.32. The van der Waals surface area contributed by atoms with Gasteiger partial charge in [0.05, 0.1) is 0 Å². The fraction of sp³-hybridized carbons (Fsp3) is 0.476. The molecule has 15 heteroatoms. The molecule has 3 atom stereocenters. The van der Waals surface area contributed by atoms with Crippen molar-refractivity contribution >= 4 is 29.8 Å². The van der Waals surface area contributed by atoms with Crippen LogP contribution < -0.4 is 40.1 Å². The third-order valence-electron chi connectivity index (χ3n) is 4.19. The summed E-state index contributed by atoms with van der Waals surface area (Å²) in [6, 6.07) is 6.90. The molecular formula is C21H39N9O6. The molecule has 0 aliphatic heterocycles. The molecule has 0 aliphatic carbocycles. The number of aliphatic carboxylic acids is 3. The van der Waals surface area contributed by atoms with Crippen molar-refractivity contribution in [2.75, 3.05) is 13.1 Å². The monoisotopic (exact) mass is 513 g/mol. The second-order valence-electron chi connectivity index (χ2n) is 7.42. The van der Waals surface area contributed by atoms with Gasteiger partial charge in [0, 0.05) is 13.1 Å². The molecule has 0 aromatic heterocycles. The number of nitrogens with zero attached hydrogens (tertiary/aromatic N) is 2. The van der Waals surface area contributed by atoms with Gasteiger partial charge in [0.15, 0.2) is 11.9 Å². The topological polar surface area (TPSA) is 319 Å². The Balaban J connectivity index is 0. The minimum absolute atomic E-state index is 0.0129. The van der Waals surface area contributed by atoms with Crippen LogP contribution in [-0.2, 0) is 20.8 Å². The number of guanidine groups is 2. The zero-order valence-electron chi connectivity index (χ0n) is 20.1. The van der Waals surface area contributed by atoms with E-state index in [2.05, 4.69) is 9.98 Å². The van der Waals surface area contributed by atoms with Gasteiger partial charge >= 0.3 is 17.9 Å². The lowest BCUT2D eigenvalue weighted by Gasteiger charge is -2.04. The summed E-state index contributed by atoms with van der Waals surface area (Å²) < 4.78 is 0. The smallest absolute Gasteiger partial charge is 0.320 e. The highest BCUT2D eigenvalue weighted by Crippen LogP contribution is 2.01. The highest BCUT2D eigenvalue weighted by molar-refractivity contribution is 5.76. The summed E-state index contributed by atoms with van der Waals surface area (Å²) in [5.74, 6) is -2.93. The molecule has 17 N–H and O–H groups in total. The zero-order valence-corrected chi connectivity index (χ0v) is 20.1. The lowest BCUT2D eigenvalue weighted by atomic mass is 10.1. The van der Waals surface area contributed by atoms with Crippen LogP contribution in [0.1, 0.15) is 31.2 Å². The highest BCUT2D eigenvalue weighted by atomic mass is 16.4. The van der Waals surface area contributed by atoms with Crippen molar-refractivity contribution in [2.24, 2.45) is 50.1 Å². The van der Waals surface area contributed by atoms with E-state index in [1.165, 1.54) is 0 Å². The van der Waals surface area contributed by atoms with Crippen LogP contribution in [0.25, 0.3) is 0 Å². The van der Waals surface area contributed by atoms with Gasteiger partial charge in [-0.3, -0.25) is 24.4 Å². The Morgan fingerprint density at radius 3 is 1.33 bits per heavy atom. The van der Waals surface area contributed by atoms with E-state index in [1.807, 2.05) is 30.3 Å². The van der Waals surface area contributed by atoms with Crippen LogP contribution >= 0.6 is 0 Å². The normalized spacial score (nSPS) is 12.2. The van der Waals surface area contributed by atoms with Crippen LogP contribution in [0.5, 0.6) is 0 Å². The molecule has 0 radical (unpaired) electrons. The van der Waals surface area contributed by atoms with E-state index in [-0.39, 0.29) is 11.9 Å². The maximum Gasteiger partial charge on any atom is 0.320 e. The minimum Gasteiger partial charge on any atom is -0.480 e. The number of carbonyl (C=O) groups is 3. The Labute approximate surface area is 209 Å². The number of carboxylic acids is 3. The Bertz CT molecular complexity index is 788. The molecule has 0 saturated heterocycles. The van der Waals surface area contributed by atoms with E-state index >= 15 is 0 Å². The summed E-state index contributed by atoms with van der Waals surface area (Å²) in [6.45, 7) is 0.840. The predicted molar refractivity (Wildman–Crippen MR) is 137 cm³/mol. The van der Waals surface area contributed by atoms with Crippen LogP contribution in [0.15, 0.2) is 40.3 Å². The van der Waals surface area contributed by atoms with Gasteiger partial charge in [0.2, 0.25) is 0 Å². The molecule has 0 spiro atoms. The zero-order chi connectivity index (χ0) is 28.1. The fourth-order valence-electron chi connectivity index (χ4n) is 2.24. The number of hydrogen-bond donors (Lipinski definition) is 10. The van der Waals surface area contributed by atoms with E-state index in [9.17, 15) is 14.4 Å². The van der Waals surface area contributed by atoms with Crippen molar-refractivity contribution in [1.82, 2.24) is 0 Å². The number of nitrogens with two attached hydrogens (primary N) is 7. The van der Waals surface area contributed by atoms with E-state index < -0.39 is 36.0 Å². The third-order valence-corrected chi connectivity index (χ3v) is 4.19. The van der Waals surface area contributed by atoms with E-state index in [0.717, 1.165) is 5.56 Å². The van der Waals surface area contributed by atoms with E-state index in [4.69, 9.17) is 55.5 Å². The standard InChI is InChI=1S/C9H11NO2.2C6H14N4O2/c10-8(9(11)12)6-7-4-2-1-3-5-7;2*7-4(5(11)12)2-1-3-10-6(8)9/h1-5,8H,6,10H2,(H,11,12);2*4H,1-3,7H2,(H,11,12)(H4,8,9,10). The molecule has 0 aliphatic rings. The van der Waals surface area contributed by atoms with Gasteiger partial charge in [-0.1, -0.05) is 30.3 Å². The summed E-state index contributed by atoms with van der Waals surface area (Å²) in [7, 11) is 0. The van der Waals surface area contributed by atoms with Gasteiger partial charge in [-0.15, -0.1) is 0 Å². The Morgan fingerprint density at radius 1 is 0.667 bits per heavy atom. The van der Waals surface area contributed by atoms with Gasteiger partial charge in [-0.05, 0) is 37.7 Å². The van der Waals surface area contributed by atoms with Crippen molar-refractivity contribution < 1.29 is 29.7 Å². The number of benzene rings is 1. The van der Waals surface area contributed by atoms with Gasteiger partial charge in [-0.2, -0.15) is 0 Å². The molecule has 1 aromatic carbocycles. The van der Waals surface area contributed by atoms with Gasteiger partial charge < -0.3 is 55.5 Å². The Morgan fingerprint density at radius 2 is 1.03 bits per heavy atom. The molecular weight excluding hydrogens is 474 g/mol. The number of rotatable bonds is 13. The Hall–Kier alpha value is -3.95. The Kier molecular flexibility index (Phi) is 19.4. The van der Waals surface area contributed by atoms with Crippen LogP contribution in [0.3, 0.4) is 0 Å². The molecule has 3 unspecified atom stereocenters. The second-order valence-corrected chi connectivity index (χ2v) is 7.42. The number of hydrogen-bond acceptors (Lipinski definition) is 8. The molecule has 1 rings (SSSR count). The summed E-state index contributed by atoms with van der Waals surface area (Å²) in [6.07, 6.45) is 2.30. The maximum atomic E-state index is 10.4. The van der Waals surface area contributed by atoms with Crippen molar-refractivity contribution in [3.63, 3.8) is 0 Å². The first-order chi connectivity index (χ1) is 16.8. The quantitative estimate of drug-likeness (QED) is 0.0744. The molecule has 0 heterocycles. The predicted octanol–water partition coefficient (Wildman–Crippen LogP) is -2.46. The molecule has 15 nitrogen and oxygen atoms in total. The molecule has 0 bridgehead atoms. The van der Waals surface area contributed by atoms with Crippen molar-refractivity contribution in [1.29, 1.82) is 0 Å². The molecule has 0 fully saturated rings. The highest BCUT2D eigenvalue weighted by Gasteiger charge is 2.11. The van der Waals surface area contributed by atoms with Crippen molar-refractivity contribution in [3.05, 3.63) is 35.9 Å². The van der Waals surface area contributed by atoms with Gasteiger partial charge in [0.1, 0.15) is 18.1 Å². The van der Waals surface area contributed by atoms with E-state index in [1.54, 1.807) is 0 Å². The maximum absolute atomic E-state index is 10.4. The SMILES string of the molecule is NC(Cc1ccccc1)C(=O)O.NC(N)=NCCCC(N)C(=O)O.NC(N)=NCCCC(N)C(=O)O. The largest absolute Gasteiger partial charge is 0.480 e. The van der Waals surface area contributed by atoms with Crippen molar-refractivity contribution in [3.8, 4) is 0 Å². The first-order valence-corrected chi connectivity index (χ1v) is 10.9. The van der Waals surface area contributed by atoms with Crippen LogP contribution in [-0.4, -0.2) is 76.4 Å². The third kappa shape index (κ3) is 21.9. The number of carboxylic acid groups (broad SMARTS) is 3. The van der Waals surface area contributed by atoms with Crippen LogP contribution in [0.4, 0.5) is 0 Å². The molecule has 0 amide bonds. The van der Waals surface area contributed by atoms with Gasteiger partial charge in [-0.25, -0.2) is 0 Å². The number of aliphatic imine (C=N–C) groups is 2. The average molecular weight is 514 g/mol. The molecule has 36 heavy (non-hydrogen) atoms. The summed E-state index contributed by atoms with van der Waals surface area (Å²) in [5, 5.41) is 25.3. The summed E-state index contributed by atoms with van der Waals surface area (Å²) in [5.41, 5.74) is 36.9. The van der Waals surface area contributed by atoms with Crippen LogP contribution in [0, 0.1) is 0 Å². The van der Waals surface area contributed by atoms with Crippen LogP contribution in [0.2, 0.25) is 0 Å². The summed E-state index contributed by atoms with van der Waals surface area (Å²) in [4.78, 5) is 38.2. The average Bonchev–Trinajstić information content (AvgIpc) is 2.80. The van der Waals surface area contributed by atoms with Gasteiger partial charge in [0.25, 0.3) is 0 Å². The second kappa shape index (κ2) is 20.4. The van der Waals surface area contributed by atoms with Crippen molar-refractivity contribution in [2.45, 2.75) is 50.2 Å². The first kappa shape index (κ1) is 34.2. The fourth-order valence-corrected chi connectivity index (χ4v) is 2.24. The lowest BCUT2D eigenvalue weighted by molar-refractivity contribution is -0.139. The molecule has 204 valence electrons. The summed E-state index contributed by atoms with van der Waals surface area (Å²) >= 11 is 0. The molecule has 1 aromatic rings. The molecule has 0 saturated carbocycles.